The van der Waals surface area contributed by atoms with Crippen LogP contribution in [0.3, 0.4) is 0 Å². The van der Waals surface area contributed by atoms with Crippen molar-refractivity contribution in [3.63, 3.8) is 0 Å². The Bertz CT molecular complexity index is 1050. The van der Waals surface area contributed by atoms with E-state index in [4.69, 9.17) is 9.47 Å². The number of hydrogen-bond donors (Lipinski definition) is 1. The first-order valence-corrected chi connectivity index (χ1v) is 9.22. The van der Waals surface area contributed by atoms with E-state index in [1.54, 1.807) is 20.3 Å². The Morgan fingerprint density at radius 2 is 1.86 bits per heavy atom. The average Bonchev–Trinajstić information content (AvgIpc) is 2.75. The normalized spacial score (nSPS) is 10.4. The van der Waals surface area contributed by atoms with Gasteiger partial charge in [0.05, 0.1) is 19.9 Å². The molecule has 0 saturated heterocycles. The van der Waals surface area contributed by atoms with Crippen LogP contribution in [0.1, 0.15) is 5.56 Å². The van der Waals surface area contributed by atoms with Crippen molar-refractivity contribution >= 4 is 5.91 Å². The number of amides is 1. The average molecular weight is 393 g/mol. The zero-order valence-electron chi connectivity index (χ0n) is 16.4. The molecule has 2 aromatic carbocycles. The Hall–Kier alpha value is -3.61. The maximum atomic E-state index is 12.3. The topological polar surface area (TPSA) is 82.4 Å². The summed E-state index contributed by atoms with van der Waals surface area (Å²) in [5.74, 6) is 1.14. The highest BCUT2D eigenvalue weighted by Gasteiger charge is 2.11. The van der Waals surface area contributed by atoms with Crippen LogP contribution in [-0.2, 0) is 17.8 Å². The second kappa shape index (κ2) is 9.54. The first-order chi connectivity index (χ1) is 14.1. The largest absolute Gasteiger partial charge is 0.497 e. The molecule has 150 valence electrons. The molecule has 0 aliphatic rings. The van der Waals surface area contributed by atoms with Crippen molar-refractivity contribution in [2.45, 2.75) is 13.0 Å². The molecule has 0 fully saturated rings. The number of benzene rings is 2. The third-order valence-electron chi connectivity index (χ3n) is 4.41. The molecule has 0 spiro atoms. The first-order valence-electron chi connectivity index (χ1n) is 9.22. The van der Waals surface area contributed by atoms with E-state index in [1.165, 1.54) is 6.07 Å². The highest BCUT2D eigenvalue weighted by molar-refractivity contribution is 5.75. The Balaban J connectivity index is 1.65. The molecule has 3 rings (SSSR count). The van der Waals surface area contributed by atoms with E-state index < -0.39 is 0 Å². The number of hydrogen-bond acceptors (Lipinski definition) is 5. The molecular weight excluding hydrogens is 370 g/mol. The molecule has 0 bridgehead atoms. The minimum atomic E-state index is -0.341. The molecular formula is C22H23N3O4. The van der Waals surface area contributed by atoms with Gasteiger partial charge in [-0.3, -0.25) is 9.59 Å². The van der Waals surface area contributed by atoms with Crippen LogP contribution >= 0.6 is 0 Å². The highest BCUT2D eigenvalue weighted by atomic mass is 16.5. The van der Waals surface area contributed by atoms with Crippen LogP contribution in [-0.4, -0.2) is 36.5 Å². The number of rotatable bonds is 8. The minimum Gasteiger partial charge on any atom is -0.497 e. The maximum Gasteiger partial charge on any atom is 0.267 e. The van der Waals surface area contributed by atoms with Crippen LogP contribution in [0.15, 0.2) is 65.5 Å². The van der Waals surface area contributed by atoms with Gasteiger partial charge in [-0.2, -0.15) is 5.10 Å². The van der Waals surface area contributed by atoms with Gasteiger partial charge in [0.25, 0.3) is 5.56 Å². The van der Waals surface area contributed by atoms with Crippen LogP contribution in [0.4, 0.5) is 0 Å². The van der Waals surface area contributed by atoms with Gasteiger partial charge in [0.1, 0.15) is 18.0 Å². The Labute approximate surface area is 168 Å². The third-order valence-corrected chi connectivity index (χ3v) is 4.41. The zero-order chi connectivity index (χ0) is 20.6. The summed E-state index contributed by atoms with van der Waals surface area (Å²) in [7, 11) is 3.19. The van der Waals surface area contributed by atoms with Gasteiger partial charge in [-0.05, 0) is 42.3 Å². The van der Waals surface area contributed by atoms with Crippen molar-refractivity contribution < 1.29 is 14.3 Å². The Morgan fingerprint density at radius 1 is 1.03 bits per heavy atom. The molecule has 0 aliphatic carbocycles. The summed E-state index contributed by atoms with van der Waals surface area (Å²) in [4.78, 5) is 24.4. The number of nitrogens with one attached hydrogen (secondary N) is 1. The molecule has 0 radical (unpaired) electrons. The van der Waals surface area contributed by atoms with Gasteiger partial charge < -0.3 is 14.8 Å². The van der Waals surface area contributed by atoms with Crippen LogP contribution in [0.25, 0.3) is 11.3 Å². The number of aromatic nitrogens is 2. The van der Waals surface area contributed by atoms with Crippen molar-refractivity contribution in [2.75, 3.05) is 20.8 Å². The van der Waals surface area contributed by atoms with Gasteiger partial charge in [-0.1, -0.05) is 24.3 Å². The second-order valence-electron chi connectivity index (χ2n) is 6.37. The second-order valence-corrected chi connectivity index (χ2v) is 6.37. The minimum absolute atomic E-state index is 0.153. The van der Waals surface area contributed by atoms with Crippen molar-refractivity contribution in [1.82, 2.24) is 15.1 Å². The lowest BCUT2D eigenvalue weighted by Crippen LogP contribution is -2.34. The van der Waals surface area contributed by atoms with Gasteiger partial charge in [0, 0.05) is 18.2 Å². The van der Waals surface area contributed by atoms with Gasteiger partial charge in [0.15, 0.2) is 0 Å². The molecule has 7 heteroatoms. The Kier molecular flexibility index (Phi) is 6.63. The Morgan fingerprint density at radius 3 is 2.66 bits per heavy atom. The van der Waals surface area contributed by atoms with Crippen molar-refractivity contribution in [3.8, 4) is 22.8 Å². The number of carbonyl (C=O) groups is 1. The molecule has 0 aliphatic heterocycles. The molecule has 0 saturated carbocycles. The van der Waals surface area contributed by atoms with Crippen molar-refractivity contribution in [3.05, 3.63) is 76.6 Å². The van der Waals surface area contributed by atoms with Gasteiger partial charge in [0.2, 0.25) is 5.91 Å². The van der Waals surface area contributed by atoms with Gasteiger partial charge >= 0.3 is 0 Å². The monoisotopic (exact) mass is 393 g/mol. The van der Waals surface area contributed by atoms with E-state index in [1.807, 2.05) is 48.5 Å². The number of nitrogens with zero attached hydrogens (tertiary/aromatic N) is 2. The van der Waals surface area contributed by atoms with E-state index in [-0.39, 0.29) is 18.0 Å². The predicted molar refractivity (Wildman–Crippen MR) is 110 cm³/mol. The van der Waals surface area contributed by atoms with Gasteiger partial charge in [-0.15, -0.1) is 0 Å². The quantitative estimate of drug-likeness (QED) is 0.635. The van der Waals surface area contributed by atoms with Crippen LogP contribution in [0, 0.1) is 0 Å². The molecule has 29 heavy (non-hydrogen) atoms. The summed E-state index contributed by atoms with van der Waals surface area (Å²) in [5.41, 5.74) is 2.03. The lowest BCUT2D eigenvalue weighted by atomic mass is 10.1. The van der Waals surface area contributed by atoms with E-state index in [0.717, 1.165) is 21.6 Å². The summed E-state index contributed by atoms with van der Waals surface area (Å²) in [6, 6.07) is 18.1. The molecule has 3 aromatic rings. The molecule has 0 unspecified atom stereocenters. The first kappa shape index (κ1) is 20.1. The van der Waals surface area contributed by atoms with Crippen LogP contribution in [0.2, 0.25) is 0 Å². The number of para-hydroxylation sites is 1. The van der Waals surface area contributed by atoms with E-state index in [0.29, 0.717) is 24.4 Å². The summed E-state index contributed by atoms with van der Waals surface area (Å²) < 4.78 is 11.7. The fourth-order valence-electron chi connectivity index (χ4n) is 2.93. The fourth-order valence-corrected chi connectivity index (χ4v) is 2.93. The lowest BCUT2D eigenvalue weighted by Gasteiger charge is -2.10. The molecule has 1 N–H and O–H groups in total. The summed E-state index contributed by atoms with van der Waals surface area (Å²) in [6.45, 7) is 0.298. The SMILES string of the molecule is COc1cccc(CCNC(=O)Cn2nc(-c3ccccc3OC)ccc2=O)c1. The van der Waals surface area contributed by atoms with Crippen LogP contribution in [0.5, 0.6) is 11.5 Å². The van der Waals surface area contributed by atoms with Crippen LogP contribution < -0.4 is 20.3 Å². The zero-order valence-corrected chi connectivity index (χ0v) is 16.4. The van der Waals surface area contributed by atoms with E-state index >= 15 is 0 Å². The lowest BCUT2D eigenvalue weighted by molar-refractivity contribution is -0.121. The predicted octanol–water partition coefficient (Wildman–Crippen LogP) is 2.29. The number of methoxy groups -OCH3 is 2. The summed E-state index contributed by atoms with van der Waals surface area (Å²) >= 11 is 0. The smallest absolute Gasteiger partial charge is 0.267 e. The highest BCUT2D eigenvalue weighted by Crippen LogP contribution is 2.27. The molecule has 0 atom stereocenters. The van der Waals surface area contributed by atoms with Crippen molar-refractivity contribution in [2.24, 2.45) is 0 Å². The summed E-state index contributed by atoms with van der Waals surface area (Å²) in [6.07, 6.45) is 0.659. The number of ether oxygens (including phenoxy) is 2. The van der Waals surface area contributed by atoms with E-state index in [9.17, 15) is 9.59 Å². The standard InChI is InChI=1S/C22H23N3O4/c1-28-17-7-5-6-16(14-17)12-13-23-21(26)15-25-22(27)11-10-19(24-25)18-8-3-4-9-20(18)29-2/h3-11,14H,12-13,15H2,1-2H3,(H,23,26). The molecule has 1 heterocycles. The third kappa shape index (κ3) is 5.22. The van der Waals surface area contributed by atoms with E-state index in [2.05, 4.69) is 10.4 Å². The summed E-state index contributed by atoms with van der Waals surface area (Å²) in [5, 5.41) is 7.15. The maximum absolute atomic E-state index is 12.3. The van der Waals surface area contributed by atoms with Gasteiger partial charge in [-0.25, -0.2) is 4.68 Å². The molecule has 7 nitrogen and oxygen atoms in total. The number of carbonyl (C=O) groups excluding carboxylic acids is 1. The molecule has 1 amide bonds. The van der Waals surface area contributed by atoms with Crippen molar-refractivity contribution in [1.29, 1.82) is 0 Å². The molecule has 1 aromatic heterocycles. The fraction of sp³-hybridized carbons (Fsp3) is 0.227.